The predicted octanol–water partition coefficient (Wildman–Crippen LogP) is 3.29. The van der Waals surface area contributed by atoms with E-state index in [1.54, 1.807) is 24.3 Å². The molecule has 1 aliphatic carbocycles. The van der Waals surface area contributed by atoms with Crippen molar-refractivity contribution in [2.24, 2.45) is 0 Å². The fourth-order valence-electron chi connectivity index (χ4n) is 2.56. The highest BCUT2D eigenvalue weighted by atomic mass is 35.5. The summed E-state index contributed by atoms with van der Waals surface area (Å²) in [7, 11) is 0. The zero-order valence-electron chi connectivity index (χ0n) is 13.8. The maximum Gasteiger partial charge on any atom is 0.293 e. The molecule has 3 rings (SSSR count). The van der Waals surface area contributed by atoms with Crippen LogP contribution in [0.4, 0.5) is 11.4 Å². The van der Waals surface area contributed by atoms with Crippen molar-refractivity contribution in [1.82, 2.24) is 5.32 Å². The molecule has 3 N–H and O–H groups in total. The number of benzene rings is 2. The first-order valence-electron chi connectivity index (χ1n) is 8.20. The van der Waals surface area contributed by atoms with E-state index in [2.05, 4.69) is 10.6 Å². The molecule has 1 saturated carbocycles. The van der Waals surface area contributed by atoms with E-state index in [1.165, 1.54) is 18.2 Å². The Bertz CT molecular complexity index is 822. The molecule has 2 aromatic carbocycles. The number of anilines is 1. The highest BCUT2D eigenvalue weighted by molar-refractivity contribution is 6.30. The number of nitro benzene ring substituents is 1. The van der Waals surface area contributed by atoms with Crippen molar-refractivity contribution >= 4 is 28.9 Å². The van der Waals surface area contributed by atoms with E-state index in [9.17, 15) is 20.0 Å². The van der Waals surface area contributed by atoms with Gasteiger partial charge in [0.15, 0.2) is 0 Å². The Labute approximate surface area is 155 Å². The number of hydrogen-bond donors (Lipinski definition) is 3. The number of nitro groups is 1. The fraction of sp³-hybridized carbons (Fsp3) is 0.278. The van der Waals surface area contributed by atoms with Gasteiger partial charge in [0.1, 0.15) is 5.69 Å². The van der Waals surface area contributed by atoms with Gasteiger partial charge in [0.25, 0.3) is 11.6 Å². The Balaban J connectivity index is 1.84. The number of carbonyl (C=O) groups is 1. The monoisotopic (exact) mass is 375 g/mol. The minimum Gasteiger partial charge on any atom is -0.394 e. The molecule has 0 aromatic heterocycles. The zero-order valence-corrected chi connectivity index (χ0v) is 14.6. The third-order valence-electron chi connectivity index (χ3n) is 4.15. The highest BCUT2D eigenvalue weighted by Gasteiger charge is 2.25. The topological polar surface area (TPSA) is 104 Å². The maximum absolute atomic E-state index is 12.1. The number of aliphatic hydroxyl groups is 1. The molecule has 0 aliphatic heterocycles. The van der Waals surface area contributed by atoms with E-state index in [-0.39, 0.29) is 35.5 Å². The van der Waals surface area contributed by atoms with Gasteiger partial charge in [-0.15, -0.1) is 0 Å². The summed E-state index contributed by atoms with van der Waals surface area (Å²) in [5.41, 5.74) is 0.982. The smallest absolute Gasteiger partial charge is 0.293 e. The molecule has 1 fully saturated rings. The first-order valence-corrected chi connectivity index (χ1v) is 8.58. The van der Waals surface area contributed by atoms with Gasteiger partial charge in [-0.25, -0.2) is 0 Å². The van der Waals surface area contributed by atoms with Gasteiger partial charge in [0.05, 0.1) is 17.6 Å². The van der Waals surface area contributed by atoms with Crippen LogP contribution < -0.4 is 10.6 Å². The summed E-state index contributed by atoms with van der Waals surface area (Å²) in [6.45, 7) is -0.261. The molecule has 1 atom stereocenters. The van der Waals surface area contributed by atoms with Crippen molar-refractivity contribution in [2.75, 3.05) is 11.9 Å². The van der Waals surface area contributed by atoms with Crippen molar-refractivity contribution in [3.63, 3.8) is 0 Å². The van der Waals surface area contributed by atoms with Crippen molar-refractivity contribution in [2.45, 2.75) is 24.9 Å². The summed E-state index contributed by atoms with van der Waals surface area (Å²) >= 11 is 5.86. The third kappa shape index (κ3) is 4.30. The van der Waals surface area contributed by atoms with E-state index in [0.29, 0.717) is 5.02 Å². The summed E-state index contributed by atoms with van der Waals surface area (Å²) in [6.07, 6.45) is 1.87. The van der Waals surface area contributed by atoms with Crippen molar-refractivity contribution < 1.29 is 14.8 Å². The second kappa shape index (κ2) is 7.72. The summed E-state index contributed by atoms with van der Waals surface area (Å²) in [4.78, 5) is 23.0. The lowest BCUT2D eigenvalue weighted by atomic mass is 10.1. The van der Waals surface area contributed by atoms with Crippen LogP contribution >= 0.6 is 11.6 Å². The average Bonchev–Trinajstić information content (AvgIpc) is 3.44. The van der Waals surface area contributed by atoms with Gasteiger partial charge in [-0.1, -0.05) is 23.7 Å². The molecule has 8 heteroatoms. The quantitative estimate of drug-likeness (QED) is 0.508. The zero-order chi connectivity index (χ0) is 18.7. The molecule has 1 unspecified atom stereocenters. The summed E-state index contributed by atoms with van der Waals surface area (Å²) in [5, 5.41) is 27.4. The molecule has 7 nitrogen and oxygen atoms in total. The first kappa shape index (κ1) is 18.2. The SMILES string of the molecule is O=C(NC1CC1)c1ccc(NC(CO)c2ccc(Cl)cc2)c([N+](=O)[O-])c1. The van der Waals surface area contributed by atoms with Gasteiger partial charge in [-0.3, -0.25) is 14.9 Å². The third-order valence-corrected chi connectivity index (χ3v) is 4.41. The molecule has 1 amide bonds. The Morgan fingerprint density at radius 2 is 1.96 bits per heavy atom. The van der Waals surface area contributed by atoms with Crippen LogP contribution in [0.15, 0.2) is 42.5 Å². The fourth-order valence-corrected chi connectivity index (χ4v) is 2.69. The van der Waals surface area contributed by atoms with E-state index < -0.39 is 11.0 Å². The van der Waals surface area contributed by atoms with Crippen molar-refractivity contribution in [1.29, 1.82) is 0 Å². The molecule has 0 saturated heterocycles. The second-order valence-corrected chi connectivity index (χ2v) is 6.60. The van der Waals surface area contributed by atoms with E-state index in [4.69, 9.17) is 11.6 Å². The van der Waals surface area contributed by atoms with Gasteiger partial charge >= 0.3 is 0 Å². The Kier molecular flexibility index (Phi) is 5.39. The van der Waals surface area contributed by atoms with Crippen molar-refractivity contribution in [3.05, 3.63) is 68.7 Å². The second-order valence-electron chi connectivity index (χ2n) is 6.17. The van der Waals surface area contributed by atoms with E-state index >= 15 is 0 Å². The van der Waals surface area contributed by atoms with Crippen LogP contribution in [0.5, 0.6) is 0 Å². The maximum atomic E-state index is 12.1. The predicted molar refractivity (Wildman–Crippen MR) is 98.5 cm³/mol. The van der Waals surface area contributed by atoms with Crippen LogP contribution in [-0.2, 0) is 0 Å². The van der Waals surface area contributed by atoms with Crippen LogP contribution in [0, 0.1) is 10.1 Å². The molecule has 26 heavy (non-hydrogen) atoms. The molecule has 0 heterocycles. The lowest BCUT2D eigenvalue weighted by molar-refractivity contribution is -0.384. The Morgan fingerprint density at radius 3 is 2.54 bits per heavy atom. The summed E-state index contributed by atoms with van der Waals surface area (Å²) in [5.74, 6) is -0.321. The minimum atomic E-state index is -0.549. The average molecular weight is 376 g/mol. The Hall–Kier alpha value is -2.64. The van der Waals surface area contributed by atoms with Crippen LogP contribution in [-0.4, -0.2) is 28.6 Å². The van der Waals surface area contributed by atoms with Crippen LogP contribution in [0.2, 0.25) is 5.02 Å². The van der Waals surface area contributed by atoms with E-state index in [1.807, 2.05) is 0 Å². The molecular weight excluding hydrogens is 358 g/mol. The van der Waals surface area contributed by atoms with Crippen LogP contribution in [0.1, 0.15) is 34.8 Å². The van der Waals surface area contributed by atoms with Gasteiger partial charge in [0, 0.05) is 22.7 Å². The number of nitrogens with one attached hydrogen (secondary N) is 2. The molecular formula is C18H18ClN3O4. The van der Waals surface area contributed by atoms with Gasteiger partial charge < -0.3 is 15.7 Å². The molecule has 2 aromatic rings. The van der Waals surface area contributed by atoms with Crippen LogP contribution in [0.25, 0.3) is 0 Å². The number of nitrogens with zero attached hydrogens (tertiary/aromatic N) is 1. The number of amides is 1. The molecule has 0 bridgehead atoms. The molecule has 0 radical (unpaired) electrons. The largest absolute Gasteiger partial charge is 0.394 e. The van der Waals surface area contributed by atoms with E-state index in [0.717, 1.165) is 18.4 Å². The van der Waals surface area contributed by atoms with Crippen LogP contribution in [0.3, 0.4) is 0 Å². The normalized spacial score (nSPS) is 14.5. The lowest BCUT2D eigenvalue weighted by Crippen LogP contribution is -2.25. The Morgan fingerprint density at radius 1 is 1.27 bits per heavy atom. The first-order chi connectivity index (χ1) is 12.5. The molecule has 0 spiro atoms. The van der Waals surface area contributed by atoms with Gasteiger partial charge in [-0.05, 0) is 42.7 Å². The van der Waals surface area contributed by atoms with Gasteiger partial charge in [-0.2, -0.15) is 0 Å². The molecule has 1 aliphatic rings. The molecule has 136 valence electrons. The van der Waals surface area contributed by atoms with Gasteiger partial charge in [0.2, 0.25) is 0 Å². The lowest BCUT2D eigenvalue weighted by Gasteiger charge is -2.18. The number of carbonyl (C=O) groups excluding carboxylic acids is 1. The number of rotatable bonds is 7. The summed E-state index contributed by atoms with van der Waals surface area (Å²) in [6, 6.07) is 10.7. The minimum absolute atomic E-state index is 0.169. The number of aliphatic hydroxyl groups excluding tert-OH is 1. The van der Waals surface area contributed by atoms with Crippen molar-refractivity contribution in [3.8, 4) is 0 Å². The number of hydrogen-bond acceptors (Lipinski definition) is 5. The standard InChI is InChI=1S/C18H18ClN3O4/c19-13-4-1-11(2-5-13)16(10-23)21-15-8-3-12(9-17(15)22(25)26)18(24)20-14-6-7-14/h1-5,8-9,14,16,21,23H,6-7,10H2,(H,20,24). The number of halogens is 1. The highest BCUT2D eigenvalue weighted by Crippen LogP contribution is 2.30. The summed E-state index contributed by atoms with van der Waals surface area (Å²) < 4.78 is 0.